The maximum absolute atomic E-state index is 14.4. The summed E-state index contributed by atoms with van der Waals surface area (Å²) in [6.07, 6.45) is 1.01. The second-order valence-corrected chi connectivity index (χ2v) is 8.13. The van der Waals surface area contributed by atoms with E-state index in [9.17, 15) is 9.18 Å². The Morgan fingerprint density at radius 1 is 1.15 bits per heavy atom. The number of nitrogens with zero attached hydrogens (tertiary/aromatic N) is 2. The number of nitrogens with one attached hydrogen (secondary N) is 1. The van der Waals surface area contributed by atoms with Gasteiger partial charge in [-0.25, -0.2) is 9.18 Å². The van der Waals surface area contributed by atoms with Gasteiger partial charge in [-0.15, -0.1) is 0 Å². The summed E-state index contributed by atoms with van der Waals surface area (Å²) in [4.78, 5) is 20.5. The number of aryl methyl sites for hydroxylation is 1. The lowest BCUT2D eigenvalue weighted by Crippen LogP contribution is -2.40. The van der Waals surface area contributed by atoms with Gasteiger partial charge in [0.05, 0.1) is 25.9 Å². The largest absolute Gasteiger partial charge is 0.496 e. The van der Waals surface area contributed by atoms with E-state index >= 15 is 0 Å². The average Bonchev–Trinajstić information content (AvgIpc) is 3.33. The van der Waals surface area contributed by atoms with E-state index < -0.39 is 0 Å². The average molecular weight is 462 g/mol. The molecular weight excluding hydrogens is 433 g/mol. The Kier molecular flexibility index (Phi) is 7.42. The maximum atomic E-state index is 14.4. The van der Waals surface area contributed by atoms with Crippen molar-refractivity contribution in [3.8, 4) is 5.75 Å². The number of amides is 2. The van der Waals surface area contributed by atoms with Crippen molar-refractivity contribution >= 4 is 17.4 Å². The molecule has 4 rings (SSSR count). The first-order chi connectivity index (χ1) is 16.6. The molecule has 3 aromatic carbocycles. The van der Waals surface area contributed by atoms with Crippen LogP contribution in [0.3, 0.4) is 0 Å². The molecule has 1 N–H and O–H groups in total. The van der Waals surface area contributed by atoms with Crippen molar-refractivity contribution in [1.82, 2.24) is 4.90 Å². The minimum atomic E-state index is -0.362. The molecule has 0 aromatic heterocycles. The van der Waals surface area contributed by atoms with Gasteiger partial charge >= 0.3 is 6.03 Å². The SMILES string of the molecule is CCc1cccc(NC(=O)N(Cc2ccccc2F)CC2CC(c3ccccc3OC)=NO2)c1. The molecule has 1 unspecified atom stereocenters. The summed E-state index contributed by atoms with van der Waals surface area (Å²) in [6.45, 7) is 2.41. The summed E-state index contributed by atoms with van der Waals surface area (Å²) in [5.74, 6) is 0.355. The van der Waals surface area contributed by atoms with Crippen molar-refractivity contribution in [2.45, 2.75) is 32.4 Å². The van der Waals surface area contributed by atoms with Crippen molar-refractivity contribution < 1.29 is 18.8 Å². The van der Waals surface area contributed by atoms with E-state index in [0.29, 0.717) is 23.4 Å². The summed E-state index contributed by atoms with van der Waals surface area (Å²) < 4.78 is 19.8. The van der Waals surface area contributed by atoms with Crippen molar-refractivity contribution in [2.24, 2.45) is 5.16 Å². The Hall–Kier alpha value is -3.87. The molecule has 1 aliphatic rings. The van der Waals surface area contributed by atoms with Gasteiger partial charge in [0.2, 0.25) is 0 Å². The van der Waals surface area contributed by atoms with Gasteiger partial charge in [-0.3, -0.25) is 0 Å². The first kappa shape index (κ1) is 23.3. The fourth-order valence-electron chi connectivity index (χ4n) is 3.94. The molecule has 0 fully saturated rings. The van der Waals surface area contributed by atoms with Crippen LogP contribution in [0.4, 0.5) is 14.9 Å². The summed E-state index contributed by atoms with van der Waals surface area (Å²) in [5.41, 5.74) is 3.86. The normalized spacial score (nSPS) is 14.8. The highest BCUT2D eigenvalue weighted by molar-refractivity contribution is 6.03. The van der Waals surface area contributed by atoms with E-state index in [-0.39, 0.29) is 31.0 Å². The highest BCUT2D eigenvalue weighted by Gasteiger charge is 2.28. The number of anilines is 1. The molecule has 0 spiro atoms. The fraction of sp³-hybridized carbons (Fsp3) is 0.259. The van der Waals surface area contributed by atoms with Crippen LogP contribution in [0.2, 0.25) is 0 Å². The molecule has 1 heterocycles. The fourth-order valence-corrected chi connectivity index (χ4v) is 3.94. The number of ether oxygens (including phenoxy) is 1. The summed E-state index contributed by atoms with van der Waals surface area (Å²) in [5, 5.41) is 7.19. The van der Waals surface area contributed by atoms with Gasteiger partial charge in [-0.1, -0.05) is 54.5 Å². The number of hydrogen-bond donors (Lipinski definition) is 1. The monoisotopic (exact) mass is 461 g/mol. The number of urea groups is 1. The standard InChI is InChI=1S/C27H28FN3O3/c1-3-19-9-8-11-21(15-19)29-27(32)31(17-20-10-4-6-13-24(20)28)18-22-16-25(30-34-22)23-12-5-7-14-26(23)33-2/h4-15,22H,3,16-18H2,1-2H3,(H,29,32). The molecule has 0 bridgehead atoms. The van der Waals surface area contributed by atoms with Gasteiger partial charge < -0.3 is 19.8 Å². The summed E-state index contributed by atoms with van der Waals surface area (Å²) in [7, 11) is 1.61. The summed E-state index contributed by atoms with van der Waals surface area (Å²) in [6, 6.07) is 21.4. The molecule has 2 amide bonds. The predicted molar refractivity (Wildman–Crippen MR) is 131 cm³/mol. The van der Waals surface area contributed by atoms with Crippen LogP contribution in [-0.4, -0.2) is 36.4 Å². The van der Waals surface area contributed by atoms with Gasteiger partial charge in [0.1, 0.15) is 11.6 Å². The Morgan fingerprint density at radius 2 is 1.94 bits per heavy atom. The van der Waals surface area contributed by atoms with E-state index in [1.54, 1.807) is 30.2 Å². The molecule has 34 heavy (non-hydrogen) atoms. The highest BCUT2D eigenvalue weighted by atomic mass is 19.1. The molecule has 3 aromatic rings. The summed E-state index contributed by atoms with van der Waals surface area (Å²) >= 11 is 0. The second-order valence-electron chi connectivity index (χ2n) is 8.13. The Labute approximate surface area is 199 Å². The van der Waals surface area contributed by atoms with Crippen LogP contribution in [-0.2, 0) is 17.8 Å². The number of methoxy groups -OCH3 is 1. The number of hydrogen-bond acceptors (Lipinski definition) is 4. The van der Waals surface area contributed by atoms with Gasteiger partial charge in [0, 0.05) is 23.2 Å². The zero-order chi connectivity index (χ0) is 23.9. The van der Waals surface area contributed by atoms with Crippen LogP contribution in [0.5, 0.6) is 5.75 Å². The topological polar surface area (TPSA) is 63.2 Å². The Balaban J connectivity index is 1.50. The lowest BCUT2D eigenvalue weighted by atomic mass is 10.0. The second kappa shape index (κ2) is 10.8. The number of rotatable bonds is 8. The number of carbonyl (C=O) groups is 1. The lowest BCUT2D eigenvalue weighted by molar-refractivity contribution is 0.0606. The molecule has 1 atom stereocenters. The smallest absolute Gasteiger partial charge is 0.322 e. The zero-order valence-corrected chi connectivity index (χ0v) is 19.3. The van der Waals surface area contributed by atoms with E-state index in [4.69, 9.17) is 9.57 Å². The van der Waals surface area contributed by atoms with Crippen molar-refractivity contribution in [3.63, 3.8) is 0 Å². The first-order valence-electron chi connectivity index (χ1n) is 11.3. The minimum Gasteiger partial charge on any atom is -0.496 e. The number of carbonyl (C=O) groups excluding carboxylic acids is 1. The molecule has 1 aliphatic heterocycles. The van der Waals surface area contributed by atoms with Crippen molar-refractivity contribution in [3.05, 3.63) is 95.3 Å². The third kappa shape index (κ3) is 5.54. The number of para-hydroxylation sites is 1. The molecule has 7 heteroatoms. The van der Waals surface area contributed by atoms with E-state index in [2.05, 4.69) is 17.4 Å². The van der Waals surface area contributed by atoms with Crippen LogP contribution in [0, 0.1) is 5.82 Å². The van der Waals surface area contributed by atoms with Gasteiger partial charge in [-0.2, -0.15) is 0 Å². The lowest BCUT2D eigenvalue weighted by Gasteiger charge is -2.25. The molecule has 0 aliphatic carbocycles. The highest BCUT2D eigenvalue weighted by Crippen LogP contribution is 2.25. The van der Waals surface area contributed by atoms with E-state index in [1.165, 1.54) is 6.07 Å². The van der Waals surface area contributed by atoms with Gasteiger partial charge in [0.15, 0.2) is 6.10 Å². The molecule has 6 nitrogen and oxygen atoms in total. The number of benzene rings is 3. The maximum Gasteiger partial charge on any atom is 0.322 e. The van der Waals surface area contributed by atoms with Crippen LogP contribution >= 0.6 is 0 Å². The molecule has 0 saturated carbocycles. The van der Waals surface area contributed by atoms with Crippen LogP contribution in [0.15, 0.2) is 78.0 Å². The first-order valence-corrected chi connectivity index (χ1v) is 11.3. The minimum absolute atomic E-state index is 0.107. The predicted octanol–water partition coefficient (Wildman–Crippen LogP) is 5.62. The molecule has 176 valence electrons. The molecule has 0 saturated heterocycles. The third-order valence-electron chi connectivity index (χ3n) is 5.77. The Morgan fingerprint density at radius 3 is 2.74 bits per heavy atom. The quantitative estimate of drug-likeness (QED) is 0.473. The van der Waals surface area contributed by atoms with Gasteiger partial charge in [-0.05, 0) is 42.3 Å². The van der Waals surface area contributed by atoms with E-state index in [0.717, 1.165) is 23.3 Å². The van der Waals surface area contributed by atoms with E-state index in [1.807, 2.05) is 48.5 Å². The van der Waals surface area contributed by atoms with Crippen LogP contribution in [0.1, 0.15) is 30.0 Å². The number of oxime groups is 1. The molecular formula is C27H28FN3O3. The van der Waals surface area contributed by atoms with Gasteiger partial charge in [0.25, 0.3) is 0 Å². The third-order valence-corrected chi connectivity index (χ3v) is 5.77. The molecule has 0 radical (unpaired) electrons. The number of halogens is 1. The van der Waals surface area contributed by atoms with Crippen LogP contribution in [0.25, 0.3) is 0 Å². The van der Waals surface area contributed by atoms with Crippen LogP contribution < -0.4 is 10.1 Å². The zero-order valence-electron chi connectivity index (χ0n) is 19.3. The Bertz CT molecular complexity index is 1180. The van der Waals surface area contributed by atoms with Crippen molar-refractivity contribution in [2.75, 3.05) is 19.0 Å². The van der Waals surface area contributed by atoms with Crippen molar-refractivity contribution in [1.29, 1.82) is 0 Å².